The highest BCUT2D eigenvalue weighted by molar-refractivity contribution is 7.71. The Balaban J connectivity index is 2.75. The summed E-state index contributed by atoms with van der Waals surface area (Å²) in [6.45, 7) is 2.03. The Bertz CT molecular complexity index is 696. The number of ether oxygens (including phenoxy) is 2. The molecule has 19 heavy (non-hydrogen) atoms. The van der Waals surface area contributed by atoms with Gasteiger partial charge in [-0.15, -0.1) is 0 Å². The van der Waals surface area contributed by atoms with Crippen LogP contribution in [-0.4, -0.2) is 24.7 Å². The molecule has 1 heterocycles. The van der Waals surface area contributed by atoms with E-state index < -0.39 is 5.97 Å². The quantitative estimate of drug-likeness (QED) is 0.693. The first-order valence-corrected chi connectivity index (χ1v) is 6.43. The third-order valence-electron chi connectivity index (χ3n) is 2.66. The first-order valence-electron chi connectivity index (χ1n) is 5.65. The SMILES string of the molecule is CCOC(=O)c1c[nH]c2c(OC)ccc(Cl)c2c1=S. The number of carbonyl (C=O) groups is 1. The molecule has 0 aliphatic rings. The number of aromatic amines is 1. The lowest BCUT2D eigenvalue weighted by Crippen LogP contribution is -2.06. The number of benzene rings is 1. The average molecular weight is 298 g/mol. The number of hydrogen-bond acceptors (Lipinski definition) is 4. The van der Waals surface area contributed by atoms with Crippen molar-refractivity contribution in [3.8, 4) is 5.75 Å². The van der Waals surface area contributed by atoms with Crippen LogP contribution < -0.4 is 4.74 Å². The summed E-state index contributed by atoms with van der Waals surface area (Å²) >= 11 is 11.5. The van der Waals surface area contributed by atoms with E-state index in [0.717, 1.165) is 0 Å². The first kappa shape index (κ1) is 13.8. The molecular weight excluding hydrogens is 286 g/mol. The molecule has 0 fully saturated rings. The van der Waals surface area contributed by atoms with E-state index in [9.17, 15) is 4.79 Å². The normalized spacial score (nSPS) is 10.5. The Morgan fingerprint density at radius 2 is 2.21 bits per heavy atom. The Morgan fingerprint density at radius 1 is 1.47 bits per heavy atom. The molecule has 0 atom stereocenters. The van der Waals surface area contributed by atoms with Gasteiger partial charge >= 0.3 is 5.97 Å². The average Bonchev–Trinajstić information content (AvgIpc) is 2.39. The van der Waals surface area contributed by atoms with Crippen LogP contribution in [0.3, 0.4) is 0 Å². The van der Waals surface area contributed by atoms with E-state index in [0.29, 0.717) is 31.7 Å². The van der Waals surface area contributed by atoms with Crippen molar-refractivity contribution in [3.63, 3.8) is 0 Å². The van der Waals surface area contributed by atoms with E-state index in [4.69, 9.17) is 33.3 Å². The van der Waals surface area contributed by atoms with Gasteiger partial charge in [-0.2, -0.15) is 0 Å². The standard InChI is InChI=1S/C13H12ClNO3S/c1-3-18-13(16)7-6-15-11-9(17-2)5-4-8(14)10(11)12(7)19/h4-6H,3H2,1-2H3,(H,15,19). The van der Waals surface area contributed by atoms with E-state index in [1.165, 1.54) is 6.20 Å². The van der Waals surface area contributed by atoms with Crippen molar-refractivity contribution in [1.29, 1.82) is 0 Å². The van der Waals surface area contributed by atoms with Gasteiger partial charge in [0.15, 0.2) is 0 Å². The second-order valence-corrected chi connectivity index (χ2v) is 4.57. The minimum Gasteiger partial charge on any atom is -0.495 e. The third kappa shape index (κ3) is 2.43. The van der Waals surface area contributed by atoms with Gasteiger partial charge in [0.2, 0.25) is 0 Å². The molecule has 0 saturated heterocycles. The zero-order valence-corrected chi connectivity index (χ0v) is 12.0. The maximum absolute atomic E-state index is 11.8. The molecule has 1 N–H and O–H groups in total. The fourth-order valence-corrected chi connectivity index (χ4v) is 2.46. The molecule has 2 aromatic rings. The van der Waals surface area contributed by atoms with Gasteiger partial charge < -0.3 is 14.5 Å². The van der Waals surface area contributed by atoms with Crippen LogP contribution in [0.15, 0.2) is 18.3 Å². The largest absolute Gasteiger partial charge is 0.495 e. The molecule has 6 heteroatoms. The number of nitrogens with one attached hydrogen (secondary N) is 1. The van der Waals surface area contributed by atoms with Crippen molar-refractivity contribution < 1.29 is 14.3 Å². The highest BCUT2D eigenvalue weighted by Crippen LogP contribution is 2.31. The van der Waals surface area contributed by atoms with Gasteiger partial charge in [-0.05, 0) is 19.1 Å². The van der Waals surface area contributed by atoms with E-state index in [-0.39, 0.29) is 6.61 Å². The number of carbonyl (C=O) groups excluding carboxylic acids is 1. The second-order valence-electron chi connectivity index (χ2n) is 3.75. The molecule has 1 aromatic heterocycles. The molecule has 0 amide bonds. The van der Waals surface area contributed by atoms with Gasteiger partial charge in [-0.3, -0.25) is 0 Å². The van der Waals surface area contributed by atoms with Crippen molar-refractivity contribution in [2.24, 2.45) is 0 Å². The summed E-state index contributed by atoms with van der Waals surface area (Å²) in [5, 5.41) is 1.05. The van der Waals surface area contributed by atoms with Crippen molar-refractivity contribution in [2.45, 2.75) is 6.92 Å². The first-order chi connectivity index (χ1) is 9.10. The van der Waals surface area contributed by atoms with Crippen molar-refractivity contribution >= 4 is 40.7 Å². The minimum atomic E-state index is -0.468. The van der Waals surface area contributed by atoms with E-state index >= 15 is 0 Å². The highest BCUT2D eigenvalue weighted by Gasteiger charge is 2.15. The molecule has 0 saturated carbocycles. The van der Waals surface area contributed by atoms with Crippen LogP contribution in [-0.2, 0) is 4.74 Å². The summed E-state index contributed by atoms with van der Waals surface area (Å²) < 4.78 is 10.5. The van der Waals surface area contributed by atoms with E-state index in [2.05, 4.69) is 4.98 Å². The molecule has 1 aromatic carbocycles. The molecule has 0 radical (unpaired) electrons. The van der Waals surface area contributed by atoms with E-state index in [1.54, 1.807) is 26.2 Å². The molecule has 0 unspecified atom stereocenters. The molecule has 2 rings (SSSR count). The van der Waals surface area contributed by atoms with Gasteiger partial charge in [-0.1, -0.05) is 23.8 Å². The zero-order chi connectivity index (χ0) is 14.0. The summed E-state index contributed by atoms with van der Waals surface area (Å²) in [6.07, 6.45) is 1.52. The summed E-state index contributed by atoms with van der Waals surface area (Å²) in [6, 6.07) is 3.42. The molecule has 4 nitrogen and oxygen atoms in total. The molecule has 0 aliphatic heterocycles. The van der Waals surface area contributed by atoms with Crippen LogP contribution in [0, 0.1) is 4.51 Å². The van der Waals surface area contributed by atoms with E-state index in [1.807, 2.05) is 0 Å². The lowest BCUT2D eigenvalue weighted by Gasteiger charge is -2.09. The fraction of sp³-hybridized carbons (Fsp3) is 0.231. The third-order valence-corrected chi connectivity index (χ3v) is 3.40. The number of aromatic nitrogens is 1. The fourth-order valence-electron chi connectivity index (χ4n) is 1.80. The number of halogens is 1. The minimum absolute atomic E-state index is 0.289. The predicted octanol–water partition coefficient (Wildman–Crippen LogP) is 3.74. The lowest BCUT2D eigenvalue weighted by molar-refractivity contribution is 0.0525. The van der Waals surface area contributed by atoms with Crippen LogP contribution in [0.4, 0.5) is 0 Å². The van der Waals surface area contributed by atoms with Crippen molar-refractivity contribution in [1.82, 2.24) is 4.98 Å². The number of esters is 1. The van der Waals surface area contributed by atoms with Crippen LogP contribution >= 0.6 is 23.8 Å². The molecule has 100 valence electrons. The topological polar surface area (TPSA) is 51.3 Å². The maximum atomic E-state index is 11.8. The number of pyridine rings is 1. The smallest absolute Gasteiger partial charge is 0.341 e. The summed E-state index contributed by atoms with van der Waals surface area (Å²) in [5.41, 5.74) is 0.951. The van der Waals surface area contributed by atoms with Gasteiger partial charge in [0.05, 0.1) is 34.3 Å². The number of rotatable bonds is 3. The molecule has 0 bridgehead atoms. The number of hydrogen-bond donors (Lipinski definition) is 1. The zero-order valence-electron chi connectivity index (χ0n) is 10.5. The number of H-pyrrole nitrogens is 1. The maximum Gasteiger partial charge on any atom is 0.341 e. The predicted molar refractivity (Wildman–Crippen MR) is 76.7 cm³/mol. The van der Waals surface area contributed by atoms with Gasteiger partial charge in [0, 0.05) is 11.6 Å². The second kappa shape index (κ2) is 5.59. The molecule has 0 spiro atoms. The summed E-state index contributed by atoms with van der Waals surface area (Å²) in [7, 11) is 1.55. The number of methoxy groups -OCH3 is 1. The summed E-state index contributed by atoms with van der Waals surface area (Å²) in [5.74, 6) is 0.144. The van der Waals surface area contributed by atoms with Gasteiger partial charge in [0.1, 0.15) is 5.75 Å². The van der Waals surface area contributed by atoms with Crippen LogP contribution in [0.1, 0.15) is 17.3 Å². The Kier molecular flexibility index (Phi) is 4.07. The Morgan fingerprint density at radius 3 is 2.84 bits per heavy atom. The molecule has 0 aliphatic carbocycles. The van der Waals surface area contributed by atoms with Gasteiger partial charge in [0.25, 0.3) is 0 Å². The molecular formula is C13H12ClNO3S. The Labute approximate surface area is 120 Å². The number of fused-ring (bicyclic) bond motifs is 1. The lowest BCUT2D eigenvalue weighted by atomic mass is 10.1. The van der Waals surface area contributed by atoms with Crippen LogP contribution in [0.2, 0.25) is 5.02 Å². The van der Waals surface area contributed by atoms with Crippen molar-refractivity contribution in [3.05, 3.63) is 33.4 Å². The highest BCUT2D eigenvalue weighted by atomic mass is 35.5. The van der Waals surface area contributed by atoms with Crippen molar-refractivity contribution in [2.75, 3.05) is 13.7 Å². The monoisotopic (exact) mass is 297 g/mol. The Hall–Kier alpha value is -1.59. The van der Waals surface area contributed by atoms with Crippen LogP contribution in [0.25, 0.3) is 10.9 Å². The van der Waals surface area contributed by atoms with Crippen LogP contribution in [0.5, 0.6) is 5.75 Å². The van der Waals surface area contributed by atoms with Gasteiger partial charge in [-0.25, -0.2) is 4.79 Å². The summed E-state index contributed by atoms with van der Waals surface area (Å²) in [4.78, 5) is 14.8.